The molecule has 436 valence electrons. The van der Waals surface area contributed by atoms with Gasteiger partial charge in [-0.15, -0.1) is 11.8 Å². The average Bonchev–Trinajstić information content (AvgIpc) is 3.96. The monoisotopic (exact) mass is 1150 g/mol. The average molecular weight is 1150 g/mol. The second-order valence-corrected chi connectivity index (χ2v) is 34.2. The highest BCUT2D eigenvalue weighted by Gasteiger charge is 2.46. The number of likely N-dealkylation sites (tertiary alicyclic amines) is 1. The summed E-state index contributed by atoms with van der Waals surface area (Å²) in [6, 6.07) is -1.17. The molecule has 1 fully saturated rings. The molecule has 1 aromatic carbocycles. The van der Waals surface area contributed by atoms with Crippen molar-refractivity contribution in [1.82, 2.24) is 41.8 Å². The number of aliphatic carboxylic acids is 1. The number of methoxy groups -OCH3 is 1. The van der Waals surface area contributed by atoms with Crippen LogP contribution in [0.3, 0.4) is 0 Å². The maximum Gasteiger partial charge on any atom is 0.326 e. The molecule has 3 heterocycles. The van der Waals surface area contributed by atoms with Crippen LogP contribution in [0.5, 0.6) is 0 Å². The number of ether oxygens (including phenoxy) is 1. The Morgan fingerprint density at radius 1 is 0.910 bits per heavy atom. The first-order valence-corrected chi connectivity index (χ1v) is 33.3. The normalized spacial score (nSPS) is 22.7. The molecule has 2 aromatic rings. The van der Waals surface area contributed by atoms with Crippen LogP contribution in [-0.2, 0) is 63.2 Å². The summed E-state index contributed by atoms with van der Waals surface area (Å²) in [6.45, 7) is 25.3. The topological polar surface area (TPSA) is 345 Å². The van der Waals surface area contributed by atoms with Gasteiger partial charge in [0, 0.05) is 49.1 Å². The number of aromatic amines is 1. The molecule has 1 unspecified atom stereocenters. The van der Waals surface area contributed by atoms with E-state index in [2.05, 4.69) is 105 Å². The summed E-state index contributed by atoms with van der Waals surface area (Å²) in [6.07, 6.45) is -1.82. The number of fused-ring (bicyclic) bond motifs is 3. The minimum atomic E-state index is -2.49. The van der Waals surface area contributed by atoms with E-state index in [9.17, 15) is 48.3 Å². The minimum absolute atomic E-state index is 0.0533. The molecule has 1 aromatic heterocycles. The van der Waals surface area contributed by atoms with Crippen molar-refractivity contribution in [2.24, 2.45) is 23.3 Å². The third-order valence-electron chi connectivity index (χ3n) is 15.8. The van der Waals surface area contributed by atoms with Crippen LogP contribution < -0.4 is 43.4 Å². The molecule has 78 heavy (non-hydrogen) atoms. The fourth-order valence-corrected chi connectivity index (χ4v) is 11.9. The number of carboxylic acids is 1. The van der Waals surface area contributed by atoms with Gasteiger partial charge < -0.3 is 71.9 Å². The molecule has 0 spiro atoms. The van der Waals surface area contributed by atoms with Crippen molar-refractivity contribution < 1.29 is 61.8 Å². The minimum Gasteiger partial charge on any atom is -0.480 e. The highest BCUT2D eigenvalue weighted by molar-refractivity contribution is 7.99. The maximum absolute atomic E-state index is 14.6. The standard InChI is InChI=1S/C52H86N10O13SSi2/c1-15-28(2)43-47(69)56-23-40(64)57-36(45(67)59-35(22-39(53)63)49(70)62-25-30(73-10)20-37(62)50(71)72)27-76-48-32(31-18-16-17-19-33(31)60-48)21-34(44(66)55-24-41(65)61-43)58-46(68)42(54)29(3)38(75-78(13,14)52(7,8)9)26-74-77(11,12)51(4,5)6/h16-19,28-30,34-38,42-43,60H,15,20-27,54H2,1-14H3,(H2,53,63)(H,55,66)(H,56,69)(H,57,64)(H,58,68)(H,59,67)(H,61,65)(H,71,72)/t28-,29-,30+,34+,35-,36+,37-,38?,42-,43-/m0/s1. The lowest BCUT2D eigenvalue weighted by Gasteiger charge is -2.43. The largest absolute Gasteiger partial charge is 0.480 e. The van der Waals surface area contributed by atoms with Crippen molar-refractivity contribution in [2.45, 2.75) is 178 Å². The number of aromatic nitrogens is 1. The van der Waals surface area contributed by atoms with Crippen LogP contribution in [-0.4, -0.2) is 172 Å². The summed E-state index contributed by atoms with van der Waals surface area (Å²) >= 11 is 1.04. The SMILES string of the molecule is CC[C@H](C)[C@@H]1NC(=O)CNC(=O)[C@H](NC(=O)[C@@H](N)[C@@H](C)C(CO[Si](C)(C)C(C)(C)C)O[Si](C)(C)C(C)(C)C)Cc2c([nH]c3ccccc23)SC[C@H](C(=O)N[C@@H](CC(N)=O)C(=O)N2C[C@H](OC)C[C@H]2C(=O)O)NC(=O)CNC1=O. The molecule has 2 aliphatic heterocycles. The zero-order chi connectivity index (χ0) is 58.8. The number of benzene rings is 1. The van der Waals surface area contributed by atoms with E-state index in [1.807, 2.05) is 6.92 Å². The van der Waals surface area contributed by atoms with E-state index in [4.69, 9.17) is 25.1 Å². The lowest BCUT2D eigenvalue weighted by Crippen LogP contribution is -2.59. The van der Waals surface area contributed by atoms with Crippen molar-refractivity contribution in [3.63, 3.8) is 0 Å². The summed E-state index contributed by atoms with van der Waals surface area (Å²) in [7, 11) is -3.45. The summed E-state index contributed by atoms with van der Waals surface area (Å²) in [5.74, 6) is -9.32. The first-order chi connectivity index (χ1) is 36.1. The molecule has 0 bridgehead atoms. The fraction of sp³-hybridized carbons (Fsp3) is 0.673. The van der Waals surface area contributed by atoms with Crippen LogP contribution in [0, 0.1) is 11.8 Å². The number of nitrogens with one attached hydrogen (secondary N) is 7. The van der Waals surface area contributed by atoms with E-state index in [1.54, 1.807) is 38.1 Å². The number of carbonyl (C=O) groups excluding carboxylic acids is 8. The van der Waals surface area contributed by atoms with Crippen molar-refractivity contribution in [2.75, 3.05) is 39.1 Å². The van der Waals surface area contributed by atoms with Crippen LogP contribution in [0.2, 0.25) is 36.3 Å². The number of nitrogens with zero attached hydrogens (tertiary/aromatic N) is 1. The van der Waals surface area contributed by atoms with Gasteiger partial charge in [0.25, 0.3) is 0 Å². The number of hydrogen-bond donors (Lipinski definition) is 10. The molecule has 0 radical (unpaired) electrons. The predicted molar refractivity (Wildman–Crippen MR) is 301 cm³/mol. The lowest BCUT2D eigenvalue weighted by atomic mass is 9.95. The molecule has 1 saturated heterocycles. The number of hydrogen-bond acceptors (Lipinski definition) is 14. The van der Waals surface area contributed by atoms with Gasteiger partial charge in [0.1, 0.15) is 30.2 Å². The number of thioether (sulfide) groups is 1. The first kappa shape index (κ1) is 65.1. The number of carbonyl (C=O) groups is 9. The number of carboxylic acid groups (broad SMARTS) is 1. The van der Waals surface area contributed by atoms with E-state index in [0.29, 0.717) is 27.9 Å². The van der Waals surface area contributed by atoms with Gasteiger partial charge in [0.2, 0.25) is 47.3 Å². The first-order valence-electron chi connectivity index (χ1n) is 26.5. The molecule has 10 atom stereocenters. The molecule has 23 nitrogen and oxygen atoms in total. The Morgan fingerprint density at radius 3 is 2.09 bits per heavy atom. The Balaban J connectivity index is 1.79. The van der Waals surface area contributed by atoms with Gasteiger partial charge in [-0.3, -0.25) is 38.4 Å². The van der Waals surface area contributed by atoms with Gasteiger partial charge in [-0.05, 0) is 53.8 Å². The predicted octanol–water partition coefficient (Wildman–Crippen LogP) is 1.99. The van der Waals surface area contributed by atoms with E-state index in [0.717, 1.165) is 16.7 Å². The molecule has 26 heteroatoms. The van der Waals surface area contributed by atoms with Crippen LogP contribution in [0.1, 0.15) is 87.1 Å². The molecule has 0 aliphatic carbocycles. The van der Waals surface area contributed by atoms with Crippen molar-refractivity contribution in [1.29, 1.82) is 0 Å². The highest BCUT2D eigenvalue weighted by Crippen LogP contribution is 2.40. The maximum atomic E-state index is 14.6. The Labute approximate surface area is 464 Å². The van der Waals surface area contributed by atoms with Gasteiger partial charge >= 0.3 is 5.97 Å². The van der Waals surface area contributed by atoms with Gasteiger partial charge in [-0.1, -0.05) is 86.9 Å². The Bertz CT molecular complexity index is 2520. The smallest absolute Gasteiger partial charge is 0.326 e. The molecular weight excluding hydrogens is 1060 g/mol. The fourth-order valence-electron chi connectivity index (χ4n) is 8.42. The number of amides is 8. The van der Waals surface area contributed by atoms with Crippen molar-refractivity contribution in [3.8, 4) is 0 Å². The molecule has 2 aliphatic rings. The lowest BCUT2D eigenvalue weighted by molar-refractivity contribution is -0.149. The molecule has 4 rings (SSSR count). The Morgan fingerprint density at radius 2 is 1.51 bits per heavy atom. The highest BCUT2D eigenvalue weighted by atomic mass is 32.2. The molecule has 0 saturated carbocycles. The summed E-state index contributed by atoms with van der Waals surface area (Å²) in [5.41, 5.74) is 13.5. The Kier molecular flexibility index (Phi) is 22.7. The number of rotatable bonds is 18. The quantitative estimate of drug-likeness (QED) is 0.0955. The molecular formula is C52H86N10O13SSi2. The van der Waals surface area contributed by atoms with E-state index in [1.165, 1.54) is 7.11 Å². The molecule has 8 amide bonds. The van der Waals surface area contributed by atoms with E-state index in [-0.39, 0.29) is 41.8 Å². The second-order valence-electron chi connectivity index (χ2n) is 23.6. The Hall–Kier alpha value is -5.39. The number of H-pyrrole nitrogens is 1. The van der Waals surface area contributed by atoms with Crippen molar-refractivity contribution >= 4 is 92.5 Å². The van der Waals surface area contributed by atoms with Crippen LogP contribution in [0.25, 0.3) is 10.9 Å². The zero-order valence-corrected chi connectivity index (χ0v) is 50.6. The second kappa shape index (κ2) is 27.2. The van der Waals surface area contributed by atoms with E-state index < -0.39 is 150 Å². The van der Waals surface area contributed by atoms with Gasteiger partial charge in [-0.2, -0.15) is 0 Å². The van der Waals surface area contributed by atoms with E-state index >= 15 is 0 Å². The van der Waals surface area contributed by atoms with Crippen molar-refractivity contribution in [3.05, 3.63) is 29.8 Å². The van der Waals surface area contributed by atoms with Crippen LogP contribution >= 0.6 is 11.8 Å². The summed E-state index contributed by atoms with van der Waals surface area (Å²) < 4.78 is 19.0. The number of primary amides is 1. The van der Waals surface area contributed by atoms with Crippen LogP contribution in [0.15, 0.2) is 29.3 Å². The molecule has 12 N–H and O–H groups in total. The third-order valence-corrected chi connectivity index (χ3v) is 26.0. The number of nitrogens with two attached hydrogens (primary N) is 2. The number of para-hydroxylation sites is 1. The summed E-state index contributed by atoms with van der Waals surface area (Å²) in [5, 5.41) is 26.5. The van der Waals surface area contributed by atoms with Gasteiger partial charge in [0.15, 0.2) is 16.6 Å². The zero-order valence-electron chi connectivity index (χ0n) is 47.8. The van der Waals surface area contributed by atoms with Crippen LogP contribution in [0.4, 0.5) is 0 Å². The van der Waals surface area contributed by atoms with Gasteiger partial charge in [0.05, 0.1) is 49.4 Å². The third kappa shape index (κ3) is 17.1. The summed E-state index contributed by atoms with van der Waals surface area (Å²) in [4.78, 5) is 128. The van der Waals surface area contributed by atoms with Gasteiger partial charge in [-0.25, -0.2) is 4.79 Å².